The van der Waals surface area contributed by atoms with E-state index < -0.39 is 0 Å². The summed E-state index contributed by atoms with van der Waals surface area (Å²) in [6.45, 7) is 6.17. The highest BCUT2D eigenvalue weighted by Gasteiger charge is 2.21. The van der Waals surface area contributed by atoms with Crippen LogP contribution < -0.4 is 5.32 Å². The largest absolute Gasteiger partial charge is 0.349 e. The van der Waals surface area contributed by atoms with Gasteiger partial charge in [0.15, 0.2) is 5.65 Å². The first kappa shape index (κ1) is 18.7. The average Bonchev–Trinajstić information content (AvgIpc) is 3.11. The molecule has 1 aromatic carbocycles. The predicted molar refractivity (Wildman–Crippen MR) is 111 cm³/mol. The summed E-state index contributed by atoms with van der Waals surface area (Å²) < 4.78 is 1.81. The van der Waals surface area contributed by atoms with Crippen LogP contribution in [0, 0.1) is 20.8 Å². The highest BCUT2D eigenvalue weighted by molar-refractivity contribution is 5.99. The van der Waals surface area contributed by atoms with E-state index in [9.17, 15) is 4.79 Å². The molecule has 2 heterocycles. The zero-order valence-electron chi connectivity index (χ0n) is 17.0. The highest BCUT2D eigenvalue weighted by Crippen LogP contribution is 2.22. The number of carbonyl (C=O) groups excluding carboxylic acids is 1. The van der Waals surface area contributed by atoms with Gasteiger partial charge in [-0.25, -0.2) is 9.50 Å². The number of rotatable bonds is 4. The molecule has 1 aliphatic rings. The highest BCUT2D eigenvalue weighted by atomic mass is 16.1. The van der Waals surface area contributed by atoms with Gasteiger partial charge in [0, 0.05) is 23.9 Å². The maximum absolute atomic E-state index is 12.8. The van der Waals surface area contributed by atoms with Gasteiger partial charge in [0.2, 0.25) is 0 Å². The van der Waals surface area contributed by atoms with Crippen molar-refractivity contribution in [3.63, 3.8) is 0 Å². The molecule has 0 bridgehead atoms. The van der Waals surface area contributed by atoms with Gasteiger partial charge in [0.1, 0.15) is 5.56 Å². The number of amides is 1. The number of carbonyl (C=O) groups is 1. The van der Waals surface area contributed by atoms with Crippen LogP contribution in [0.2, 0.25) is 0 Å². The molecule has 1 saturated carbocycles. The zero-order chi connectivity index (χ0) is 19.7. The molecular formula is C23H28N4O. The van der Waals surface area contributed by atoms with Gasteiger partial charge >= 0.3 is 0 Å². The third-order valence-electron chi connectivity index (χ3n) is 5.90. The third kappa shape index (κ3) is 3.66. The Bertz CT molecular complexity index is 998. The number of aryl methyl sites for hydroxylation is 3. The quantitative estimate of drug-likeness (QED) is 0.738. The van der Waals surface area contributed by atoms with Gasteiger partial charge in [-0.3, -0.25) is 4.79 Å². The Labute approximate surface area is 166 Å². The lowest BCUT2D eigenvalue weighted by molar-refractivity contribution is 0.0929. The fourth-order valence-electron chi connectivity index (χ4n) is 4.15. The predicted octanol–water partition coefficient (Wildman–Crippen LogP) is 4.31. The van der Waals surface area contributed by atoms with Crippen molar-refractivity contribution in [3.05, 3.63) is 64.1 Å². The Kier molecular flexibility index (Phi) is 5.16. The van der Waals surface area contributed by atoms with E-state index in [1.54, 1.807) is 6.20 Å². The van der Waals surface area contributed by atoms with Crippen LogP contribution in [0.25, 0.3) is 5.65 Å². The molecule has 28 heavy (non-hydrogen) atoms. The molecular weight excluding hydrogens is 348 g/mol. The Morgan fingerprint density at radius 1 is 1.11 bits per heavy atom. The number of hydrogen-bond donors (Lipinski definition) is 1. The molecule has 0 spiro atoms. The summed E-state index contributed by atoms with van der Waals surface area (Å²) in [4.78, 5) is 17.6. The van der Waals surface area contributed by atoms with Crippen LogP contribution in [0.1, 0.15) is 70.5 Å². The maximum atomic E-state index is 12.8. The fraction of sp³-hybridized carbons (Fsp3) is 0.435. The molecule has 0 saturated heterocycles. The molecule has 1 amide bonds. The number of aromatic nitrogens is 3. The van der Waals surface area contributed by atoms with Gasteiger partial charge in [-0.1, -0.05) is 49.1 Å². The first-order valence-corrected chi connectivity index (χ1v) is 10.2. The zero-order valence-corrected chi connectivity index (χ0v) is 17.0. The standard InChI is InChI=1S/C23H28N4O/c1-15-9-11-18(12-10-15)13-20-16(2)25-22-21(14-24-27(22)17(20)3)23(28)26-19-7-5-4-6-8-19/h9-12,14,19H,4-8,13H2,1-3H3,(H,26,28). The van der Waals surface area contributed by atoms with E-state index in [0.717, 1.165) is 30.7 Å². The fourth-order valence-corrected chi connectivity index (χ4v) is 4.15. The number of hydrogen-bond acceptors (Lipinski definition) is 3. The lowest BCUT2D eigenvalue weighted by atomic mass is 9.95. The summed E-state index contributed by atoms with van der Waals surface area (Å²) in [5.41, 5.74) is 6.89. The van der Waals surface area contributed by atoms with E-state index in [4.69, 9.17) is 4.98 Å². The minimum Gasteiger partial charge on any atom is -0.349 e. The van der Waals surface area contributed by atoms with Crippen LogP contribution in [0.4, 0.5) is 0 Å². The van der Waals surface area contributed by atoms with E-state index in [1.165, 1.54) is 36.0 Å². The lowest BCUT2D eigenvalue weighted by Crippen LogP contribution is -2.36. The SMILES string of the molecule is Cc1ccc(Cc2c(C)nc3c(C(=O)NC4CCCCC4)cnn3c2C)cc1. The molecule has 5 heteroatoms. The second-order valence-corrected chi connectivity index (χ2v) is 8.03. The van der Waals surface area contributed by atoms with Gasteiger partial charge in [0.25, 0.3) is 5.91 Å². The Morgan fingerprint density at radius 2 is 1.82 bits per heavy atom. The van der Waals surface area contributed by atoms with Crippen molar-refractivity contribution < 1.29 is 4.79 Å². The minimum atomic E-state index is -0.0560. The van der Waals surface area contributed by atoms with Crippen molar-refractivity contribution in [1.82, 2.24) is 19.9 Å². The summed E-state index contributed by atoms with van der Waals surface area (Å²) in [5, 5.41) is 7.66. The second-order valence-electron chi connectivity index (χ2n) is 8.03. The van der Waals surface area contributed by atoms with E-state index in [2.05, 4.69) is 48.5 Å². The van der Waals surface area contributed by atoms with Gasteiger partial charge in [0.05, 0.1) is 6.20 Å². The molecule has 0 aliphatic heterocycles. The van der Waals surface area contributed by atoms with Gasteiger partial charge in [-0.15, -0.1) is 0 Å². The van der Waals surface area contributed by atoms with Crippen molar-refractivity contribution >= 4 is 11.6 Å². The summed E-state index contributed by atoms with van der Waals surface area (Å²) in [7, 11) is 0. The van der Waals surface area contributed by atoms with Gasteiger partial charge in [-0.05, 0) is 44.7 Å². The summed E-state index contributed by atoms with van der Waals surface area (Å²) >= 11 is 0. The van der Waals surface area contributed by atoms with Crippen LogP contribution >= 0.6 is 0 Å². The molecule has 1 fully saturated rings. The number of nitrogens with zero attached hydrogens (tertiary/aromatic N) is 3. The van der Waals surface area contributed by atoms with Crippen LogP contribution in [-0.4, -0.2) is 26.5 Å². The van der Waals surface area contributed by atoms with E-state index >= 15 is 0 Å². The Hall–Kier alpha value is -2.69. The maximum Gasteiger partial charge on any atom is 0.256 e. The van der Waals surface area contributed by atoms with Gasteiger partial charge in [-0.2, -0.15) is 5.10 Å². The summed E-state index contributed by atoms with van der Waals surface area (Å²) in [5.74, 6) is -0.0560. The van der Waals surface area contributed by atoms with E-state index in [1.807, 2.05) is 11.4 Å². The molecule has 146 valence electrons. The molecule has 2 aromatic heterocycles. The molecule has 0 radical (unpaired) electrons. The molecule has 1 N–H and O–H groups in total. The van der Waals surface area contributed by atoms with Crippen LogP contribution in [0.15, 0.2) is 30.5 Å². The molecule has 1 aliphatic carbocycles. The van der Waals surface area contributed by atoms with E-state index in [0.29, 0.717) is 11.2 Å². The normalized spacial score (nSPS) is 15.1. The monoisotopic (exact) mass is 376 g/mol. The lowest BCUT2D eigenvalue weighted by Gasteiger charge is -2.22. The van der Waals surface area contributed by atoms with Crippen molar-refractivity contribution in [1.29, 1.82) is 0 Å². The van der Waals surface area contributed by atoms with Crippen molar-refractivity contribution in [3.8, 4) is 0 Å². The summed E-state index contributed by atoms with van der Waals surface area (Å²) in [6.07, 6.45) is 8.26. The smallest absolute Gasteiger partial charge is 0.256 e. The second kappa shape index (κ2) is 7.74. The topological polar surface area (TPSA) is 59.3 Å². The van der Waals surface area contributed by atoms with Crippen molar-refractivity contribution in [2.75, 3.05) is 0 Å². The molecule has 5 nitrogen and oxygen atoms in total. The third-order valence-corrected chi connectivity index (χ3v) is 5.90. The Balaban J connectivity index is 1.63. The van der Waals surface area contributed by atoms with Crippen molar-refractivity contribution in [2.24, 2.45) is 0 Å². The molecule has 0 atom stereocenters. The number of fused-ring (bicyclic) bond motifs is 1. The van der Waals surface area contributed by atoms with Crippen LogP contribution in [0.5, 0.6) is 0 Å². The first-order valence-electron chi connectivity index (χ1n) is 10.2. The van der Waals surface area contributed by atoms with Gasteiger partial charge < -0.3 is 5.32 Å². The first-order chi connectivity index (χ1) is 13.5. The summed E-state index contributed by atoms with van der Waals surface area (Å²) in [6, 6.07) is 8.86. The number of benzene rings is 1. The van der Waals surface area contributed by atoms with Crippen LogP contribution in [-0.2, 0) is 6.42 Å². The minimum absolute atomic E-state index is 0.0560. The molecule has 0 unspecified atom stereocenters. The molecule has 4 rings (SSSR count). The van der Waals surface area contributed by atoms with Crippen molar-refractivity contribution in [2.45, 2.75) is 65.3 Å². The van der Waals surface area contributed by atoms with E-state index in [-0.39, 0.29) is 11.9 Å². The molecule has 3 aromatic rings. The number of nitrogens with one attached hydrogen (secondary N) is 1. The Morgan fingerprint density at radius 3 is 2.54 bits per heavy atom. The average molecular weight is 377 g/mol. The van der Waals surface area contributed by atoms with Crippen LogP contribution in [0.3, 0.4) is 0 Å².